The van der Waals surface area contributed by atoms with Crippen LogP contribution < -0.4 is 0 Å². The third-order valence-electron chi connectivity index (χ3n) is 2.75. The third-order valence-corrected chi connectivity index (χ3v) is 2.75. The summed E-state index contributed by atoms with van der Waals surface area (Å²) in [5.74, 6) is 1.000. The second kappa shape index (κ2) is 4.52. The van der Waals surface area contributed by atoms with Crippen molar-refractivity contribution in [3.63, 3.8) is 0 Å². The summed E-state index contributed by atoms with van der Waals surface area (Å²) in [6.45, 7) is 6.26. The molecule has 0 aliphatic carbocycles. The molecule has 0 amide bonds. The fourth-order valence-electron chi connectivity index (χ4n) is 1.94. The molecule has 2 nitrogen and oxygen atoms in total. The molecule has 0 bridgehead atoms. The maximum absolute atomic E-state index is 4.50. The zero-order valence-electron chi connectivity index (χ0n) is 10.1. The fraction of sp³-hybridized carbons (Fsp3) is 0.286. The van der Waals surface area contributed by atoms with E-state index in [0.29, 0.717) is 0 Å². The van der Waals surface area contributed by atoms with Gasteiger partial charge >= 0.3 is 0 Å². The zero-order chi connectivity index (χ0) is 11.5. The van der Waals surface area contributed by atoms with Gasteiger partial charge < -0.3 is 4.57 Å². The topological polar surface area (TPSA) is 17.8 Å². The minimum Gasteiger partial charge on any atom is -0.303 e. The first kappa shape index (κ1) is 10.9. The van der Waals surface area contributed by atoms with E-state index in [4.69, 9.17) is 0 Å². The Bertz CT molecular complexity index is 446. The number of pyridine rings is 1. The molecular weight excluding hydrogens is 196 g/mol. The largest absolute Gasteiger partial charge is 0.303 e. The number of aryl methyl sites for hydroxylation is 2. The molecule has 0 aliphatic rings. The van der Waals surface area contributed by atoms with Gasteiger partial charge in [0.25, 0.3) is 0 Å². The summed E-state index contributed by atoms with van der Waals surface area (Å²) < 4.78 is 2.17. The first-order valence-corrected chi connectivity index (χ1v) is 5.60. The molecule has 1 radical (unpaired) electrons. The van der Waals surface area contributed by atoms with Crippen molar-refractivity contribution in [2.75, 3.05) is 0 Å². The van der Waals surface area contributed by atoms with Crippen molar-refractivity contribution in [1.82, 2.24) is 9.55 Å². The SMILES string of the molecule is C[CH]Cc1ccc(-n2c(C)ccc2C)nc1. The highest BCUT2D eigenvalue weighted by Gasteiger charge is 2.04. The average Bonchev–Trinajstić information content (AvgIpc) is 2.61. The smallest absolute Gasteiger partial charge is 0.136 e. The van der Waals surface area contributed by atoms with E-state index in [1.54, 1.807) is 0 Å². The fourth-order valence-corrected chi connectivity index (χ4v) is 1.94. The normalized spacial score (nSPS) is 10.7. The number of nitrogens with zero attached hydrogens (tertiary/aromatic N) is 2. The van der Waals surface area contributed by atoms with E-state index < -0.39 is 0 Å². The second-order valence-electron chi connectivity index (χ2n) is 4.09. The molecule has 2 heterocycles. The monoisotopic (exact) mass is 213 g/mol. The van der Waals surface area contributed by atoms with Gasteiger partial charge in [-0.15, -0.1) is 0 Å². The van der Waals surface area contributed by atoms with Gasteiger partial charge in [0.2, 0.25) is 0 Å². The summed E-state index contributed by atoms with van der Waals surface area (Å²) in [6, 6.07) is 8.45. The van der Waals surface area contributed by atoms with Crippen LogP contribution >= 0.6 is 0 Å². The molecule has 16 heavy (non-hydrogen) atoms. The molecule has 0 aliphatic heterocycles. The molecule has 2 aromatic rings. The number of hydrogen-bond donors (Lipinski definition) is 0. The van der Waals surface area contributed by atoms with Crippen LogP contribution in [0.3, 0.4) is 0 Å². The molecule has 2 rings (SSSR count). The van der Waals surface area contributed by atoms with E-state index in [9.17, 15) is 0 Å². The van der Waals surface area contributed by atoms with E-state index >= 15 is 0 Å². The van der Waals surface area contributed by atoms with Gasteiger partial charge in [0.15, 0.2) is 0 Å². The van der Waals surface area contributed by atoms with Gasteiger partial charge in [0, 0.05) is 17.6 Å². The van der Waals surface area contributed by atoms with Gasteiger partial charge in [0.1, 0.15) is 5.82 Å². The van der Waals surface area contributed by atoms with Gasteiger partial charge in [-0.25, -0.2) is 4.98 Å². The molecule has 0 spiro atoms. The Kier molecular flexibility index (Phi) is 3.09. The summed E-state index contributed by atoms with van der Waals surface area (Å²) >= 11 is 0. The van der Waals surface area contributed by atoms with Gasteiger partial charge in [-0.05, 0) is 50.5 Å². The van der Waals surface area contributed by atoms with Crippen molar-refractivity contribution in [2.45, 2.75) is 27.2 Å². The van der Waals surface area contributed by atoms with Crippen LogP contribution in [0.1, 0.15) is 23.9 Å². The lowest BCUT2D eigenvalue weighted by Gasteiger charge is -2.08. The molecule has 0 aromatic carbocycles. The van der Waals surface area contributed by atoms with Crippen molar-refractivity contribution >= 4 is 0 Å². The highest BCUT2D eigenvalue weighted by atomic mass is 15.1. The Morgan fingerprint density at radius 3 is 2.31 bits per heavy atom. The Balaban J connectivity index is 2.35. The van der Waals surface area contributed by atoms with Crippen LogP contribution in [-0.4, -0.2) is 9.55 Å². The molecular formula is C14H17N2. The summed E-state index contributed by atoms with van der Waals surface area (Å²) in [5.41, 5.74) is 3.70. The zero-order valence-corrected chi connectivity index (χ0v) is 10.1. The van der Waals surface area contributed by atoms with E-state index in [1.165, 1.54) is 17.0 Å². The molecule has 0 N–H and O–H groups in total. The molecule has 0 saturated heterocycles. The molecule has 2 heteroatoms. The lowest BCUT2D eigenvalue weighted by molar-refractivity contribution is 0.916. The van der Waals surface area contributed by atoms with Crippen molar-refractivity contribution < 1.29 is 0 Å². The molecule has 0 fully saturated rings. The lowest BCUT2D eigenvalue weighted by Crippen LogP contribution is -2.01. The minimum atomic E-state index is 0.983. The predicted octanol–water partition coefficient (Wildman–Crippen LogP) is 3.26. The highest BCUT2D eigenvalue weighted by Crippen LogP contribution is 2.14. The number of rotatable bonds is 3. The van der Waals surface area contributed by atoms with Crippen molar-refractivity contribution in [3.05, 3.63) is 53.8 Å². The van der Waals surface area contributed by atoms with Crippen molar-refractivity contribution in [3.8, 4) is 5.82 Å². The van der Waals surface area contributed by atoms with Crippen LogP contribution in [0.25, 0.3) is 5.82 Å². The minimum absolute atomic E-state index is 0.983. The van der Waals surface area contributed by atoms with Gasteiger partial charge in [-0.1, -0.05) is 13.0 Å². The van der Waals surface area contributed by atoms with Gasteiger partial charge in [0.05, 0.1) is 0 Å². The molecule has 2 aromatic heterocycles. The third kappa shape index (κ3) is 2.01. The quantitative estimate of drug-likeness (QED) is 0.765. The van der Waals surface area contributed by atoms with Crippen molar-refractivity contribution in [2.24, 2.45) is 0 Å². The predicted molar refractivity (Wildman–Crippen MR) is 66.7 cm³/mol. The van der Waals surface area contributed by atoms with E-state index in [-0.39, 0.29) is 0 Å². The Hall–Kier alpha value is -1.57. The molecule has 0 unspecified atom stereocenters. The van der Waals surface area contributed by atoms with Gasteiger partial charge in [-0.3, -0.25) is 0 Å². The Labute approximate surface area is 97.0 Å². The Morgan fingerprint density at radius 1 is 1.12 bits per heavy atom. The van der Waals surface area contributed by atoms with Crippen LogP contribution in [0.2, 0.25) is 0 Å². The van der Waals surface area contributed by atoms with Crippen molar-refractivity contribution in [1.29, 1.82) is 0 Å². The highest BCUT2D eigenvalue weighted by molar-refractivity contribution is 5.32. The van der Waals surface area contributed by atoms with Gasteiger partial charge in [-0.2, -0.15) is 0 Å². The van der Waals surface area contributed by atoms with E-state index in [2.05, 4.69) is 61.0 Å². The Morgan fingerprint density at radius 2 is 1.81 bits per heavy atom. The van der Waals surface area contributed by atoms with Crippen LogP contribution in [0.4, 0.5) is 0 Å². The first-order chi connectivity index (χ1) is 7.72. The van der Waals surface area contributed by atoms with Crippen LogP contribution in [0, 0.1) is 20.3 Å². The summed E-state index contributed by atoms with van der Waals surface area (Å²) in [7, 11) is 0. The van der Waals surface area contributed by atoms with E-state index in [1.807, 2.05) is 6.20 Å². The van der Waals surface area contributed by atoms with Crippen LogP contribution in [-0.2, 0) is 6.42 Å². The number of aromatic nitrogens is 2. The maximum atomic E-state index is 4.50. The first-order valence-electron chi connectivity index (χ1n) is 5.60. The molecule has 0 atom stereocenters. The maximum Gasteiger partial charge on any atom is 0.136 e. The molecule has 83 valence electrons. The summed E-state index contributed by atoms with van der Waals surface area (Å²) in [6.07, 6.45) is 5.08. The average molecular weight is 213 g/mol. The number of hydrogen-bond acceptors (Lipinski definition) is 1. The van der Waals surface area contributed by atoms with Crippen LogP contribution in [0.15, 0.2) is 30.5 Å². The summed E-state index contributed by atoms with van der Waals surface area (Å²) in [4.78, 5) is 4.50. The molecule has 0 saturated carbocycles. The van der Waals surface area contributed by atoms with E-state index in [0.717, 1.165) is 12.2 Å². The lowest BCUT2D eigenvalue weighted by atomic mass is 10.2. The van der Waals surface area contributed by atoms with Crippen LogP contribution in [0.5, 0.6) is 0 Å². The standard InChI is InChI=1S/C14H17N2/c1-4-5-13-8-9-14(15-10-13)16-11(2)6-7-12(16)3/h4,6-10H,5H2,1-3H3. The summed E-state index contributed by atoms with van der Waals surface area (Å²) in [5, 5.41) is 0. The second-order valence-corrected chi connectivity index (χ2v) is 4.09.